The van der Waals surface area contributed by atoms with E-state index in [4.69, 9.17) is 0 Å². The average Bonchev–Trinajstić information content (AvgIpc) is 2.92. The summed E-state index contributed by atoms with van der Waals surface area (Å²) in [6.07, 6.45) is -4.45. The molecule has 0 amide bonds. The summed E-state index contributed by atoms with van der Waals surface area (Å²) < 4.78 is 39.9. The molecule has 0 atom stereocenters. The number of nitriles is 1. The van der Waals surface area contributed by atoms with Gasteiger partial charge in [0.15, 0.2) is 5.82 Å². The SMILES string of the molecule is Cn1c(C(C#N)=NNc2cccc(C(F)(F)F)c2)nc2ccccc21. The van der Waals surface area contributed by atoms with E-state index in [1.165, 1.54) is 12.1 Å². The van der Waals surface area contributed by atoms with Gasteiger partial charge in [0.1, 0.15) is 6.07 Å². The highest BCUT2D eigenvalue weighted by molar-refractivity contribution is 6.11. The van der Waals surface area contributed by atoms with Crippen LogP contribution in [0.5, 0.6) is 0 Å². The Bertz CT molecular complexity index is 995. The first-order valence-electron chi connectivity index (χ1n) is 7.23. The summed E-state index contributed by atoms with van der Waals surface area (Å²) in [5.41, 5.74) is 3.30. The standard InChI is InChI=1S/C17H12F3N5/c1-25-15-8-3-2-7-13(15)22-16(25)14(10-21)24-23-12-6-4-5-11(9-12)17(18,19)20/h2-9,23H,1H3. The third-order valence-corrected chi connectivity index (χ3v) is 3.59. The minimum atomic E-state index is -4.45. The van der Waals surface area contributed by atoms with E-state index in [0.717, 1.165) is 17.6 Å². The second-order valence-electron chi connectivity index (χ2n) is 5.25. The van der Waals surface area contributed by atoms with Crippen molar-refractivity contribution in [2.24, 2.45) is 12.1 Å². The van der Waals surface area contributed by atoms with Crippen LogP contribution >= 0.6 is 0 Å². The largest absolute Gasteiger partial charge is 0.416 e. The maximum Gasteiger partial charge on any atom is 0.416 e. The maximum absolute atomic E-state index is 12.7. The van der Waals surface area contributed by atoms with Crippen molar-refractivity contribution in [1.82, 2.24) is 9.55 Å². The number of hydrazone groups is 1. The van der Waals surface area contributed by atoms with Crippen molar-refractivity contribution >= 4 is 22.4 Å². The third kappa shape index (κ3) is 3.30. The Hall–Kier alpha value is -3.34. The van der Waals surface area contributed by atoms with Gasteiger partial charge in [0.2, 0.25) is 5.71 Å². The Balaban J connectivity index is 1.94. The van der Waals surface area contributed by atoms with Crippen molar-refractivity contribution in [3.8, 4) is 6.07 Å². The van der Waals surface area contributed by atoms with Gasteiger partial charge in [-0.1, -0.05) is 18.2 Å². The van der Waals surface area contributed by atoms with Crippen LogP contribution in [0.15, 0.2) is 53.6 Å². The first-order chi connectivity index (χ1) is 11.9. The molecular weight excluding hydrogens is 331 g/mol. The van der Waals surface area contributed by atoms with E-state index in [1.54, 1.807) is 17.7 Å². The number of benzene rings is 2. The summed E-state index contributed by atoms with van der Waals surface area (Å²) >= 11 is 0. The van der Waals surface area contributed by atoms with E-state index in [-0.39, 0.29) is 11.4 Å². The zero-order valence-corrected chi connectivity index (χ0v) is 13.0. The first kappa shape index (κ1) is 16.5. The number of nitrogens with one attached hydrogen (secondary N) is 1. The molecule has 5 nitrogen and oxygen atoms in total. The number of alkyl halides is 3. The Morgan fingerprint density at radius 3 is 2.64 bits per heavy atom. The van der Waals surface area contributed by atoms with Crippen LogP contribution in [0.4, 0.5) is 18.9 Å². The maximum atomic E-state index is 12.7. The lowest BCUT2D eigenvalue weighted by Crippen LogP contribution is -2.09. The van der Waals surface area contributed by atoms with Gasteiger partial charge in [0, 0.05) is 7.05 Å². The number of hydrogen-bond acceptors (Lipinski definition) is 4. The van der Waals surface area contributed by atoms with Gasteiger partial charge >= 0.3 is 6.18 Å². The smallest absolute Gasteiger partial charge is 0.325 e. The van der Waals surface area contributed by atoms with E-state index in [2.05, 4.69) is 15.5 Å². The van der Waals surface area contributed by atoms with E-state index >= 15 is 0 Å². The Morgan fingerprint density at radius 2 is 1.96 bits per heavy atom. The van der Waals surface area contributed by atoms with Crippen LogP contribution in [0.1, 0.15) is 11.4 Å². The van der Waals surface area contributed by atoms with Gasteiger partial charge in [-0.2, -0.15) is 23.5 Å². The topological polar surface area (TPSA) is 66.0 Å². The molecular formula is C17H12F3N5. The molecule has 0 fully saturated rings. The molecule has 3 aromatic rings. The summed E-state index contributed by atoms with van der Waals surface area (Å²) in [5, 5.41) is 13.3. The fraction of sp³-hybridized carbons (Fsp3) is 0.118. The highest BCUT2D eigenvalue weighted by Crippen LogP contribution is 2.30. The molecule has 8 heteroatoms. The fourth-order valence-electron chi connectivity index (χ4n) is 2.37. The Labute approximate surface area is 141 Å². The minimum absolute atomic E-state index is 0.0314. The summed E-state index contributed by atoms with van der Waals surface area (Å²) in [4.78, 5) is 4.34. The van der Waals surface area contributed by atoms with Gasteiger partial charge in [0.25, 0.3) is 0 Å². The van der Waals surface area contributed by atoms with Crippen molar-refractivity contribution in [3.05, 3.63) is 59.9 Å². The highest BCUT2D eigenvalue weighted by Gasteiger charge is 2.30. The van der Waals surface area contributed by atoms with E-state index in [0.29, 0.717) is 11.3 Å². The first-order valence-corrected chi connectivity index (χ1v) is 7.23. The van der Waals surface area contributed by atoms with Crippen LogP contribution in [0.2, 0.25) is 0 Å². The van der Waals surface area contributed by atoms with Crippen molar-refractivity contribution in [2.75, 3.05) is 5.43 Å². The molecule has 3 rings (SSSR count). The van der Waals surface area contributed by atoms with E-state index in [1.807, 2.05) is 24.3 Å². The number of imidazole rings is 1. The molecule has 0 saturated carbocycles. The van der Waals surface area contributed by atoms with Gasteiger partial charge in [0.05, 0.1) is 22.3 Å². The predicted octanol–water partition coefficient (Wildman–Crippen LogP) is 3.93. The molecule has 0 saturated heterocycles. The molecule has 2 aromatic carbocycles. The third-order valence-electron chi connectivity index (χ3n) is 3.59. The lowest BCUT2D eigenvalue weighted by atomic mass is 10.2. The molecule has 126 valence electrons. The van der Waals surface area contributed by atoms with Crippen molar-refractivity contribution in [3.63, 3.8) is 0 Å². The van der Waals surface area contributed by atoms with Crippen molar-refractivity contribution in [1.29, 1.82) is 5.26 Å². The average molecular weight is 343 g/mol. The van der Waals surface area contributed by atoms with Crippen LogP contribution in [0.25, 0.3) is 11.0 Å². The molecule has 25 heavy (non-hydrogen) atoms. The number of aryl methyl sites for hydroxylation is 1. The summed E-state index contributed by atoms with van der Waals surface area (Å²) in [6, 6.07) is 13.8. The van der Waals surface area contributed by atoms with Crippen LogP contribution in [-0.4, -0.2) is 15.3 Å². The number of hydrogen-bond donors (Lipinski definition) is 1. The van der Waals surface area contributed by atoms with Crippen LogP contribution in [-0.2, 0) is 13.2 Å². The second-order valence-corrected chi connectivity index (χ2v) is 5.25. The molecule has 0 unspecified atom stereocenters. The molecule has 0 aliphatic carbocycles. The molecule has 1 N–H and O–H groups in total. The summed E-state index contributed by atoms with van der Waals surface area (Å²) in [7, 11) is 1.74. The number of aromatic nitrogens is 2. The van der Waals surface area contributed by atoms with E-state index in [9.17, 15) is 18.4 Å². The monoisotopic (exact) mass is 343 g/mol. The fourth-order valence-corrected chi connectivity index (χ4v) is 2.37. The predicted molar refractivity (Wildman–Crippen MR) is 87.9 cm³/mol. The van der Waals surface area contributed by atoms with Gasteiger partial charge in [-0.25, -0.2) is 4.98 Å². The molecule has 1 aromatic heterocycles. The highest BCUT2D eigenvalue weighted by atomic mass is 19.4. The number of nitrogens with zero attached hydrogens (tertiary/aromatic N) is 4. The number of anilines is 1. The number of para-hydroxylation sites is 2. The quantitative estimate of drug-likeness (QED) is 0.579. The summed E-state index contributed by atoms with van der Waals surface area (Å²) in [6.45, 7) is 0. The van der Waals surface area contributed by atoms with Crippen LogP contribution < -0.4 is 5.43 Å². The molecule has 1 heterocycles. The number of fused-ring (bicyclic) bond motifs is 1. The van der Waals surface area contributed by atoms with Gasteiger partial charge < -0.3 is 4.57 Å². The normalized spacial score (nSPS) is 12.2. The molecule has 0 bridgehead atoms. The van der Waals surface area contributed by atoms with E-state index < -0.39 is 11.7 Å². The van der Waals surface area contributed by atoms with Crippen molar-refractivity contribution < 1.29 is 13.2 Å². The number of rotatable bonds is 3. The number of halogens is 3. The Kier molecular flexibility index (Phi) is 4.15. The molecule has 0 aliphatic rings. The van der Waals surface area contributed by atoms with Gasteiger partial charge in [-0.05, 0) is 30.3 Å². The Morgan fingerprint density at radius 1 is 1.20 bits per heavy atom. The van der Waals surface area contributed by atoms with Crippen LogP contribution in [0.3, 0.4) is 0 Å². The lowest BCUT2D eigenvalue weighted by molar-refractivity contribution is -0.137. The molecule has 0 radical (unpaired) electrons. The minimum Gasteiger partial charge on any atom is -0.325 e. The zero-order valence-electron chi connectivity index (χ0n) is 13.0. The lowest BCUT2D eigenvalue weighted by Gasteiger charge is -2.08. The molecule has 0 spiro atoms. The van der Waals surface area contributed by atoms with Gasteiger partial charge in [-0.3, -0.25) is 5.43 Å². The summed E-state index contributed by atoms with van der Waals surface area (Å²) in [5.74, 6) is 0.322. The van der Waals surface area contributed by atoms with Crippen molar-refractivity contribution in [2.45, 2.75) is 6.18 Å². The van der Waals surface area contributed by atoms with Crippen LogP contribution in [0, 0.1) is 11.3 Å². The molecule has 0 aliphatic heterocycles. The van der Waals surface area contributed by atoms with Gasteiger partial charge in [-0.15, -0.1) is 0 Å². The zero-order chi connectivity index (χ0) is 18.0. The second kappa shape index (κ2) is 6.28.